The molecule has 5 nitrogen and oxygen atoms in total. The maximum Gasteiger partial charge on any atom is 0.237 e. The van der Waals surface area contributed by atoms with Crippen LogP contribution in [0.4, 0.5) is 0 Å². The van der Waals surface area contributed by atoms with E-state index in [1.165, 1.54) is 6.42 Å². The SMILES string of the molecule is CCC1(C(=O)N2CCCC(CNC(=O)C3CCCN3)C2)CCC1. The zero-order valence-electron chi connectivity index (χ0n) is 14.4. The second-order valence-electron chi connectivity index (χ2n) is 7.64. The van der Waals surface area contributed by atoms with Gasteiger partial charge in [-0.15, -0.1) is 0 Å². The number of piperidine rings is 1. The van der Waals surface area contributed by atoms with Gasteiger partial charge in [0.25, 0.3) is 0 Å². The molecule has 0 radical (unpaired) electrons. The molecule has 130 valence electrons. The van der Waals surface area contributed by atoms with Gasteiger partial charge in [0.2, 0.25) is 11.8 Å². The van der Waals surface area contributed by atoms with Crippen molar-refractivity contribution in [3.63, 3.8) is 0 Å². The summed E-state index contributed by atoms with van der Waals surface area (Å²) >= 11 is 0. The fourth-order valence-electron chi connectivity index (χ4n) is 4.35. The molecule has 3 aliphatic rings. The Hall–Kier alpha value is -1.10. The Bertz CT molecular complexity index is 436. The molecule has 2 N–H and O–H groups in total. The molecule has 2 atom stereocenters. The predicted octanol–water partition coefficient (Wildman–Crippen LogP) is 1.67. The van der Waals surface area contributed by atoms with Crippen LogP contribution in [0.15, 0.2) is 0 Å². The summed E-state index contributed by atoms with van der Waals surface area (Å²) in [5, 5.41) is 6.33. The van der Waals surface area contributed by atoms with Crippen LogP contribution in [0.2, 0.25) is 0 Å². The van der Waals surface area contributed by atoms with E-state index in [1.807, 2.05) is 0 Å². The lowest BCUT2D eigenvalue weighted by atomic mass is 9.66. The molecule has 1 aliphatic carbocycles. The number of likely N-dealkylation sites (tertiary alicyclic amines) is 1. The molecule has 1 saturated carbocycles. The van der Waals surface area contributed by atoms with E-state index < -0.39 is 0 Å². The molecule has 0 bridgehead atoms. The van der Waals surface area contributed by atoms with Crippen LogP contribution in [-0.4, -0.2) is 48.9 Å². The molecule has 2 aliphatic heterocycles. The molecular weight excluding hydrogens is 290 g/mol. The fraction of sp³-hybridized carbons (Fsp3) is 0.889. The smallest absolute Gasteiger partial charge is 0.237 e. The average molecular weight is 321 g/mol. The van der Waals surface area contributed by atoms with Gasteiger partial charge in [-0.1, -0.05) is 13.3 Å². The molecule has 2 unspecified atom stereocenters. The Morgan fingerprint density at radius 3 is 2.65 bits per heavy atom. The second kappa shape index (κ2) is 7.20. The van der Waals surface area contributed by atoms with Gasteiger partial charge in [-0.05, 0) is 57.4 Å². The average Bonchev–Trinajstić information content (AvgIpc) is 3.07. The topological polar surface area (TPSA) is 61.4 Å². The summed E-state index contributed by atoms with van der Waals surface area (Å²) in [5.41, 5.74) is -0.0566. The van der Waals surface area contributed by atoms with Gasteiger partial charge in [0.15, 0.2) is 0 Å². The largest absolute Gasteiger partial charge is 0.354 e. The molecule has 2 amide bonds. The predicted molar refractivity (Wildman–Crippen MR) is 89.9 cm³/mol. The van der Waals surface area contributed by atoms with Crippen molar-refractivity contribution in [1.29, 1.82) is 0 Å². The summed E-state index contributed by atoms with van der Waals surface area (Å²) in [7, 11) is 0. The zero-order chi connectivity index (χ0) is 16.3. The van der Waals surface area contributed by atoms with E-state index in [0.29, 0.717) is 18.4 Å². The van der Waals surface area contributed by atoms with E-state index in [2.05, 4.69) is 22.5 Å². The molecule has 0 spiro atoms. The van der Waals surface area contributed by atoms with Gasteiger partial charge in [0, 0.05) is 25.0 Å². The van der Waals surface area contributed by atoms with Gasteiger partial charge in [0.05, 0.1) is 6.04 Å². The van der Waals surface area contributed by atoms with Gasteiger partial charge >= 0.3 is 0 Å². The van der Waals surface area contributed by atoms with Gasteiger partial charge < -0.3 is 15.5 Å². The van der Waals surface area contributed by atoms with E-state index in [1.54, 1.807) is 0 Å². The highest BCUT2D eigenvalue weighted by molar-refractivity contribution is 5.84. The molecule has 2 heterocycles. The second-order valence-corrected chi connectivity index (χ2v) is 7.64. The maximum atomic E-state index is 12.9. The number of amides is 2. The first-order valence-corrected chi connectivity index (χ1v) is 9.45. The van der Waals surface area contributed by atoms with Gasteiger partial charge in [-0.25, -0.2) is 0 Å². The van der Waals surface area contributed by atoms with Gasteiger partial charge in [-0.2, -0.15) is 0 Å². The van der Waals surface area contributed by atoms with E-state index in [0.717, 1.165) is 64.6 Å². The van der Waals surface area contributed by atoms with Crippen LogP contribution in [-0.2, 0) is 9.59 Å². The quantitative estimate of drug-likeness (QED) is 0.810. The van der Waals surface area contributed by atoms with Gasteiger partial charge in [-0.3, -0.25) is 9.59 Å². The van der Waals surface area contributed by atoms with E-state index in [-0.39, 0.29) is 17.4 Å². The molecule has 23 heavy (non-hydrogen) atoms. The molecule has 0 aromatic carbocycles. The Kier molecular flexibility index (Phi) is 5.24. The first-order valence-electron chi connectivity index (χ1n) is 9.45. The first-order chi connectivity index (χ1) is 11.1. The summed E-state index contributed by atoms with van der Waals surface area (Å²) in [4.78, 5) is 27.0. The highest BCUT2D eigenvalue weighted by Gasteiger charge is 2.45. The molecular formula is C18H31N3O2. The van der Waals surface area contributed by atoms with Crippen molar-refractivity contribution in [2.24, 2.45) is 11.3 Å². The molecule has 5 heteroatoms. The number of carbonyl (C=O) groups is 2. The third-order valence-electron chi connectivity index (χ3n) is 6.19. The van der Waals surface area contributed by atoms with Crippen LogP contribution >= 0.6 is 0 Å². The van der Waals surface area contributed by atoms with Crippen LogP contribution in [0.25, 0.3) is 0 Å². The third kappa shape index (κ3) is 3.54. The lowest BCUT2D eigenvalue weighted by Crippen LogP contribution is -2.52. The fourth-order valence-corrected chi connectivity index (χ4v) is 4.35. The highest BCUT2D eigenvalue weighted by atomic mass is 16.2. The Morgan fingerprint density at radius 2 is 2.04 bits per heavy atom. The summed E-state index contributed by atoms with van der Waals surface area (Å²) in [6, 6.07) is -0.00494. The van der Waals surface area contributed by atoms with Crippen LogP contribution < -0.4 is 10.6 Å². The lowest BCUT2D eigenvalue weighted by Gasteiger charge is -2.45. The van der Waals surface area contributed by atoms with Crippen molar-refractivity contribution in [2.75, 3.05) is 26.2 Å². The van der Waals surface area contributed by atoms with Crippen molar-refractivity contribution >= 4 is 11.8 Å². The summed E-state index contributed by atoms with van der Waals surface area (Å²) in [6.45, 7) is 5.52. The summed E-state index contributed by atoms with van der Waals surface area (Å²) in [5.74, 6) is 0.918. The maximum absolute atomic E-state index is 12.9. The van der Waals surface area contributed by atoms with Crippen LogP contribution in [0.5, 0.6) is 0 Å². The van der Waals surface area contributed by atoms with Crippen molar-refractivity contribution in [2.45, 2.75) is 64.3 Å². The van der Waals surface area contributed by atoms with Crippen LogP contribution in [0.3, 0.4) is 0 Å². The highest BCUT2D eigenvalue weighted by Crippen LogP contribution is 2.45. The Balaban J connectivity index is 1.48. The monoisotopic (exact) mass is 321 g/mol. The summed E-state index contributed by atoms with van der Waals surface area (Å²) < 4.78 is 0. The van der Waals surface area contributed by atoms with Crippen molar-refractivity contribution in [3.05, 3.63) is 0 Å². The summed E-state index contributed by atoms with van der Waals surface area (Å²) in [6.07, 6.45) is 8.50. The van der Waals surface area contributed by atoms with E-state index in [4.69, 9.17) is 0 Å². The number of hydrogen-bond donors (Lipinski definition) is 2. The van der Waals surface area contributed by atoms with Crippen molar-refractivity contribution in [3.8, 4) is 0 Å². The number of nitrogens with one attached hydrogen (secondary N) is 2. The van der Waals surface area contributed by atoms with Crippen LogP contribution in [0, 0.1) is 11.3 Å². The Labute approximate surface area is 139 Å². The first kappa shape index (κ1) is 16.7. The minimum Gasteiger partial charge on any atom is -0.354 e. The molecule has 2 saturated heterocycles. The number of hydrogen-bond acceptors (Lipinski definition) is 3. The van der Waals surface area contributed by atoms with Crippen molar-refractivity contribution in [1.82, 2.24) is 15.5 Å². The zero-order valence-corrected chi connectivity index (χ0v) is 14.4. The number of rotatable bonds is 5. The number of nitrogens with zero attached hydrogens (tertiary/aromatic N) is 1. The molecule has 3 rings (SSSR count). The normalized spacial score (nSPS) is 29.9. The number of carbonyl (C=O) groups excluding carboxylic acids is 2. The van der Waals surface area contributed by atoms with Crippen molar-refractivity contribution < 1.29 is 9.59 Å². The molecule has 3 fully saturated rings. The van der Waals surface area contributed by atoms with E-state index >= 15 is 0 Å². The van der Waals surface area contributed by atoms with E-state index in [9.17, 15) is 9.59 Å². The molecule has 0 aromatic heterocycles. The minimum absolute atomic E-state index is 0.00494. The lowest BCUT2D eigenvalue weighted by molar-refractivity contribution is -0.149. The Morgan fingerprint density at radius 1 is 1.22 bits per heavy atom. The van der Waals surface area contributed by atoms with Crippen LogP contribution in [0.1, 0.15) is 58.3 Å². The molecule has 0 aromatic rings. The standard InChI is InChI=1S/C18H31N3O2/c1-2-18(8-5-9-18)17(23)21-11-4-6-14(13-21)12-20-16(22)15-7-3-10-19-15/h14-15,19H,2-13H2,1H3,(H,20,22). The van der Waals surface area contributed by atoms with Gasteiger partial charge in [0.1, 0.15) is 0 Å². The third-order valence-corrected chi connectivity index (χ3v) is 6.19. The minimum atomic E-state index is -0.0566.